The van der Waals surface area contributed by atoms with Gasteiger partial charge >= 0.3 is 5.97 Å². The van der Waals surface area contributed by atoms with Gasteiger partial charge < -0.3 is 15.8 Å². The van der Waals surface area contributed by atoms with Crippen LogP contribution in [0.2, 0.25) is 0 Å². The second-order valence-electron chi connectivity index (χ2n) is 4.56. The highest BCUT2D eigenvalue weighted by molar-refractivity contribution is 5.75. The topological polar surface area (TPSA) is 81.4 Å². The van der Waals surface area contributed by atoms with Crippen molar-refractivity contribution in [1.29, 1.82) is 0 Å². The van der Waals surface area contributed by atoms with Crippen molar-refractivity contribution < 1.29 is 14.3 Å². The Kier molecular flexibility index (Phi) is 6.03. The molecule has 0 aliphatic carbocycles. The third-order valence-electron chi connectivity index (χ3n) is 2.19. The highest BCUT2D eigenvalue weighted by Gasteiger charge is 2.22. The van der Waals surface area contributed by atoms with Crippen molar-refractivity contribution in [2.45, 2.75) is 39.7 Å². The SMILES string of the molecule is CCOC(=O)C(C)CNC(C)(C)CC(N)=O. The highest BCUT2D eigenvalue weighted by atomic mass is 16.5. The van der Waals surface area contributed by atoms with E-state index in [-0.39, 0.29) is 24.2 Å². The van der Waals surface area contributed by atoms with E-state index < -0.39 is 5.54 Å². The van der Waals surface area contributed by atoms with E-state index in [0.29, 0.717) is 13.2 Å². The summed E-state index contributed by atoms with van der Waals surface area (Å²) in [6.45, 7) is 8.15. The number of nitrogens with one attached hydrogen (secondary N) is 1. The van der Waals surface area contributed by atoms with Gasteiger partial charge in [-0.3, -0.25) is 9.59 Å². The first kappa shape index (κ1) is 14.9. The molecule has 0 aliphatic heterocycles. The Balaban J connectivity index is 4.03. The van der Waals surface area contributed by atoms with Crippen molar-refractivity contribution in [1.82, 2.24) is 5.32 Å². The van der Waals surface area contributed by atoms with Crippen LogP contribution in [0, 0.1) is 5.92 Å². The van der Waals surface area contributed by atoms with Gasteiger partial charge in [0.25, 0.3) is 0 Å². The van der Waals surface area contributed by atoms with Gasteiger partial charge in [-0.05, 0) is 20.8 Å². The van der Waals surface area contributed by atoms with Gasteiger partial charge in [-0.1, -0.05) is 6.92 Å². The second-order valence-corrected chi connectivity index (χ2v) is 4.56. The number of esters is 1. The van der Waals surface area contributed by atoms with Gasteiger partial charge in [-0.25, -0.2) is 0 Å². The van der Waals surface area contributed by atoms with Crippen molar-refractivity contribution in [3.8, 4) is 0 Å². The molecular formula is C11H22N2O3. The van der Waals surface area contributed by atoms with Gasteiger partial charge in [0.1, 0.15) is 0 Å². The number of amides is 1. The van der Waals surface area contributed by atoms with E-state index in [1.807, 2.05) is 13.8 Å². The molecule has 0 spiro atoms. The van der Waals surface area contributed by atoms with Crippen LogP contribution in [0.15, 0.2) is 0 Å². The molecular weight excluding hydrogens is 208 g/mol. The zero-order chi connectivity index (χ0) is 12.8. The third kappa shape index (κ3) is 6.40. The van der Waals surface area contributed by atoms with Crippen LogP contribution in [0.5, 0.6) is 0 Å². The minimum atomic E-state index is -0.396. The fourth-order valence-corrected chi connectivity index (χ4v) is 1.30. The van der Waals surface area contributed by atoms with Crippen molar-refractivity contribution >= 4 is 11.9 Å². The average Bonchev–Trinajstić information content (AvgIpc) is 2.12. The lowest BCUT2D eigenvalue weighted by molar-refractivity contribution is -0.147. The molecule has 3 N–H and O–H groups in total. The van der Waals surface area contributed by atoms with Crippen LogP contribution in [0.1, 0.15) is 34.1 Å². The summed E-state index contributed by atoms with van der Waals surface area (Å²) >= 11 is 0. The summed E-state index contributed by atoms with van der Waals surface area (Å²) in [7, 11) is 0. The first-order chi connectivity index (χ1) is 7.28. The number of ether oxygens (including phenoxy) is 1. The molecule has 1 unspecified atom stereocenters. The quantitative estimate of drug-likeness (QED) is 0.621. The average molecular weight is 230 g/mol. The number of carbonyl (C=O) groups excluding carboxylic acids is 2. The maximum Gasteiger partial charge on any atom is 0.309 e. The zero-order valence-corrected chi connectivity index (χ0v) is 10.5. The second kappa shape index (κ2) is 6.48. The predicted octanol–water partition coefficient (Wildman–Crippen LogP) is 0.429. The summed E-state index contributed by atoms with van der Waals surface area (Å²) in [6, 6.07) is 0. The van der Waals surface area contributed by atoms with Gasteiger partial charge in [-0.15, -0.1) is 0 Å². The molecule has 0 heterocycles. The molecule has 0 aromatic carbocycles. The summed E-state index contributed by atoms with van der Waals surface area (Å²) in [6.07, 6.45) is 0.239. The molecule has 0 saturated heterocycles. The first-order valence-corrected chi connectivity index (χ1v) is 5.48. The van der Waals surface area contributed by atoms with Gasteiger partial charge in [-0.2, -0.15) is 0 Å². The van der Waals surface area contributed by atoms with E-state index in [1.165, 1.54) is 0 Å². The number of hydrogen-bond acceptors (Lipinski definition) is 4. The number of hydrogen-bond donors (Lipinski definition) is 2. The molecule has 0 aromatic rings. The van der Waals surface area contributed by atoms with Crippen LogP contribution in [-0.4, -0.2) is 30.6 Å². The van der Waals surface area contributed by atoms with Gasteiger partial charge in [0.2, 0.25) is 5.91 Å². The lowest BCUT2D eigenvalue weighted by Crippen LogP contribution is -2.45. The Labute approximate surface area is 96.7 Å². The normalized spacial score (nSPS) is 13.2. The lowest BCUT2D eigenvalue weighted by Gasteiger charge is -2.26. The molecule has 0 rings (SSSR count). The van der Waals surface area contributed by atoms with Crippen LogP contribution in [0.25, 0.3) is 0 Å². The molecule has 0 aliphatic rings. The molecule has 5 heteroatoms. The van der Waals surface area contributed by atoms with Crippen molar-refractivity contribution in [2.24, 2.45) is 11.7 Å². The Hall–Kier alpha value is -1.10. The van der Waals surface area contributed by atoms with Crippen molar-refractivity contribution in [3.05, 3.63) is 0 Å². The van der Waals surface area contributed by atoms with Crippen molar-refractivity contribution in [3.63, 3.8) is 0 Å². The van der Waals surface area contributed by atoms with Crippen LogP contribution >= 0.6 is 0 Å². The largest absolute Gasteiger partial charge is 0.466 e. The van der Waals surface area contributed by atoms with E-state index in [4.69, 9.17) is 10.5 Å². The highest BCUT2D eigenvalue weighted by Crippen LogP contribution is 2.08. The lowest BCUT2D eigenvalue weighted by atomic mass is 9.99. The Bertz CT molecular complexity index is 252. The number of primary amides is 1. The molecule has 1 amide bonds. The summed E-state index contributed by atoms with van der Waals surface area (Å²) in [5.74, 6) is -0.821. The first-order valence-electron chi connectivity index (χ1n) is 5.48. The van der Waals surface area contributed by atoms with E-state index >= 15 is 0 Å². The Morgan fingerprint density at radius 1 is 1.44 bits per heavy atom. The summed E-state index contributed by atoms with van der Waals surface area (Å²) < 4.78 is 4.88. The van der Waals surface area contributed by atoms with Crippen LogP contribution in [0.4, 0.5) is 0 Å². The molecule has 0 fully saturated rings. The maximum absolute atomic E-state index is 11.3. The molecule has 0 radical (unpaired) electrons. The molecule has 0 bridgehead atoms. The minimum Gasteiger partial charge on any atom is -0.466 e. The van der Waals surface area contributed by atoms with E-state index in [9.17, 15) is 9.59 Å². The predicted molar refractivity (Wildman–Crippen MR) is 61.7 cm³/mol. The monoisotopic (exact) mass is 230 g/mol. The fraction of sp³-hybridized carbons (Fsp3) is 0.818. The van der Waals surface area contributed by atoms with Crippen LogP contribution in [-0.2, 0) is 14.3 Å². The Morgan fingerprint density at radius 3 is 2.44 bits per heavy atom. The molecule has 5 nitrogen and oxygen atoms in total. The number of carbonyl (C=O) groups is 2. The standard InChI is InChI=1S/C11H22N2O3/c1-5-16-10(15)8(2)7-13-11(3,4)6-9(12)14/h8,13H,5-7H2,1-4H3,(H2,12,14). The zero-order valence-electron chi connectivity index (χ0n) is 10.5. The third-order valence-corrected chi connectivity index (χ3v) is 2.19. The summed E-state index contributed by atoms with van der Waals surface area (Å²) in [5.41, 5.74) is 4.73. The fourth-order valence-electron chi connectivity index (χ4n) is 1.30. The number of nitrogens with two attached hydrogens (primary N) is 1. The summed E-state index contributed by atoms with van der Waals surface area (Å²) in [4.78, 5) is 22.1. The Morgan fingerprint density at radius 2 is 2.00 bits per heavy atom. The molecule has 0 aromatic heterocycles. The molecule has 1 atom stereocenters. The van der Waals surface area contributed by atoms with Gasteiger partial charge in [0, 0.05) is 18.5 Å². The molecule has 16 heavy (non-hydrogen) atoms. The van der Waals surface area contributed by atoms with Gasteiger partial charge in [0.15, 0.2) is 0 Å². The van der Waals surface area contributed by atoms with E-state index in [0.717, 1.165) is 0 Å². The van der Waals surface area contributed by atoms with Gasteiger partial charge in [0.05, 0.1) is 12.5 Å². The maximum atomic E-state index is 11.3. The molecule has 94 valence electrons. The van der Waals surface area contributed by atoms with E-state index in [2.05, 4.69) is 5.32 Å². The van der Waals surface area contributed by atoms with Crippen LogP contribution in [0.3, 0.4) is 0 Å². The minimum absolute atomic E-state index is 0.230. The number of rotatable bonds is 7. The van der Waals surface area contributed by atoms with Crippen molar-refractivity contribution in [2.75, 3.05) is 13.2 Å². The smallest absolute Gasteiger partial charge is 0.309 e. The molecule has 0 saturated carbocycles. The summed E-state index contributed by atoms with van der Waals surface area (Å²) in [5, 5.41) is 3.13. The van der Waals surface area contributed by atoms with Crippen LogP contribution < -0.4 is 11.1 Å². The van der Waals surface area contributed by atoms with E-state index in [1.54, 1.807) is 13.8 Å².